The summed E-state index contributed by atoms with van der Waals surface area (Å²) >= 11 is 0. The van der Waals surface area contributed by atoms with E-state index in [4.69, 9.17) is 4.74 Å². The summed E-state index contributed by atoms with van der Waals surface area (Å²) in [6.07, 6.45) is 4.17. The molecule has 0 N–H and O–H groups in total. The van der Waals surface area contributed by atoms with Crippen LogP contribution in [0.2, 0.25) is 0 Å². The van der Waals surface area contributed by atoms with E-state index >= 15 is 0 Å². The van der Waals surface area contributed by atoms with Crippen LogP contribution in [0.5, 0.6) is 5.75 Å². The second-order valence-corrected chi connectivity index (χ2v) is 8.14. The molecule has 4 aromatic rings. The van der Waals surface area contributed by atoms with Crippen molar-refractivity contribution in [3.63, 3.8) is 0 Å². The van der Waals surface area contributed by atoms with Crippen molar-refractivity contribution in [1.29, 1.82) is 0 Å². The van der Waals surface area contributed by atoms with Crippen molar-refractivity contribution < 1.29 is 14.5 Å². The van der Waals surface area contributed by atoms with Gasteiger partial charge in [0.1, 0.15) is 11.6 Å². The largest absolute Gasteiger partial charge is 0.423 e. The van der Waals surface area contributed by atoms with Crippen LogP contribution in [0.3, 0.4) is 0 Å². The van der Waals surface area contributed by atoms with Crippen molar-refractivity contribution in [3.05, 3.63) is 116 Å². The Morgan fingerprint density at radius 1 is 1.06 bits per heavy atom. The molecule has 0 saturated carbocycles. The molecule has 0 aliphatic carbocycles. The molecule has 1 heterocycles. The summed E-state index contributed by atoms with van der Waals surface area (Å²) in [5, 5.41) is 15.6. The van der Waals surface area contributed by atoms with Gasteiger partial charge < -0.3 is 4.74 Å². The van der Waals surface area contributed by atoms with Gasteiger partial charge in [0.25, 0.3) is 11.2 Å². The van der Waals surface area contributed by atoms with Crippen LogP contribution in [-0.2, 0) is 4.79 Å². The first-order chi connectivity index (χ1) is 17.3. The fourth-order valence-electron chi connectivity index (χ4n) is 3.44. The molecule has 4 rings (SSSR count). The minimum Gasteiger partial charge on any atom is -0.423 e. The zero-order chi connectivity index (χ0) is 25.7. The third-order valence-electron chi connectivity index (χ3n) is 5.25. The monoisotopic (exact) mass is 482 g/mol. The van der Waals surface area contributed by atoms with Crippen LogP contribution in [0.25, 0.3) is 17.0 Å². The number of esters is 1. The minimum absolute atomic E-state index is 0.0377. The molecule has 0 atom stereocenters. The average molecular weight is 482 g/mol. The van der Waals surface area contributed by atoms with Gasteiger partial charge in [0.2, 0.25) is 0 Å². The number of benzene rings is 3. The number of para-hydroxylation sites is 2. The molecule has 0 aliphatic rings. The van der Waals surface area contributed by atoms with E-state index in [1.165, 1.54) is 47.3 Å². The highest BCUT2D eigenvalue weighted by Crippen LogP contribution is 2.19. The lowest BCUT2D eigenvalue weighted by molar-refractivity contribution is -0.384. The van der Waals surface area contributed by atoms with Gasteiger partial charge in [-0.2, -0.15) is 9.78 Å². The molecule has 9 nitrogen and oxygen atoms in total. The summed E-state index contributed by atoms with van der Waals surface area (Å²) in [6.45, 7) is 3.85. The number of rotatable bonds is 7. The van der Waals surface area contributed by atoms with Crippen molar-refractivity contribution in [2.45, 2.75) is 19.8 Å². The Hall–Kier alpha value is -4.92. The quantitative estimate of drug-likeness (QED) is 0.0921. The smallest absolute Gasteiger partial charge is 0.336 e. The highest BCUT2D eigenvalue weighted by atomic mass is 16.6. The Morgan fingerprint density at radius 3 is 2.47 bits per heavy atom. The highest BCUT2D eigenvalue weighted by Gasteiger charge is 2.13. The van der Waals surface area contributed by atoms with Crippen molar-refractivity contribution in [2.24, 2.45) is 5.10 Å². The van der Waals surface area contributed by atoms with E-state index in [1.807, 2.05) is 19.9 Å². The number of carbonyl (C=O) groups is 1. The molecule has 0 radical (unpaired) electrons. The molecule has 1 aromatic heterocycles. The third-order valence-corrected chi connectivity index (χ3v) is 5.25. The molecule has 3 aromatic carbocycles. The summed E-state index contributed by atoms with van der Waals surface area (Å²) < 4.78 is 6.73. The number of nitro groups is 1. The molecule has 9 heteroatoms. The summed E-state index contributed by atoms with van der Waals surface area (Å²) in [5.74, 6) is 0.0710. The van der Waals surface area contributed by atoms with Gasteiger partial charge in [-0.25, -0.2) is 9.78 Å². The fourth-order valence-corrected chi connectivity index (χ4v) is 3.44. The molecule has 0 bridgehead atoms. The van der Waals surface area contributed by atoms with Crippen LogP contribution in [0.1, 0.15) is 36.7 Å². The predicted octanol–water partition coefficient (Wildman–Crippen LogP) is 4.93. The van der Waals surface area contributed by atoms with E-state index in [0.29, 0.717) is 27.9 Å². The van der Waals surface area contributed by atoms with E-state index in [-0.39, 0.29) is 22.9 Å². The number of hydrogen-bond donors (Lipinski definition) is 0. The lowest BCUT2D eigenvalue weighted by Gasteiger charge is -2.12. The molecule has 0 unspecified atom stereocenters. The van der Waals surface area contributed by atoms with E-state index < -0.39 is 10.9 Å². The van der Waals surface area contributed by atoms with E-state index in [0.717, 1.165) is 0 Å². The normalized spacial score (nSPS) is 11.5. The van der Waals surface area contributed by atoms with Crippen molar-refractivity contribution >= 4 is 34.9 Å². The molecule has 0 spiro atoms. The van der Waals surface area contributed by atoms with E-state index in [2.05, 4.69) is 10.1 Å². The van der Waals surface area contributed by atoms with Crippen LogP contribution in [0.15, 0.2) is 88.8 Å². The Morgan fingerprint density at radius 2 is 1.75 bits per heavy atom. The topological polar surface area (TPSA) is 117 Å². The summed E-state index contributed by atoms with van der Waals surface area (Å²) in [6, 6.07) is 19.7. The standard InChI is InChI=1S/C27H22N4O5/c1-18(2)26-29-23-9-5-4-8-22(23)27(33)30(26)28-17-20-7-3-6-10-24(20)36-25(32)16-13-19-11-14-21(15-12-19)31(34)35/h3-18H,1-2H3/b16-13+,28-17?. The second kappa shape index (κ2) is 10.6. The van der Waals surface area contributed by atoms with Crippen molar-refractivity contribution in [2.75, 3.05) is 0 Å². The zero-order valence-electron chi connectivity index (χ0n) is 19.6. The van der Waals surface area contributed by atoms with Gasteiger partial charge in [-0.05, 0) is 48.0 Å². The molecule has 0 fully saturated rings. The summed E-state index contributed by atoms with van der Waals surface area (Å²) in [7, 11) is 0. The Labute approximate surface area is 206 Å². The first-order valence-corrected chi connectivity index (χ1v) is 11.1. The van der Waals surface area contributed by atoms with Crippen LogP contribution in [-0.4, -0.2) is 26.8 Å². The highest BCUT2D eigenvalue weighted by molar-refractivity contribution is 5.91. The molecular formula is C27H22N4O5. The number of aromatic nitrogens is 2. The molecule has 0 aliphatic heterocycles. The van der Waals surface area contributed by atoms with Gasteiger partial charge >= 0.3 is 5.97 Å². The summed E-state index contributed by atoms with van der Waals surface area (Å²) in [5.41, 5.74) is 1.37. The molecular weight excluding hydrogens is 460 g/mol. The van der Waals surface area contributed by atoms with Gasteiger partial charge in [-0.15, -0.1) is 0 Å². The molecule has 36 heavy (non-hydrogen) atoms. The molecule has 0 saturated heterocycles. The lowest BCUT2D eigenvalue weighted by atomic mass is 10.2. The number of non-ortho nitro benzene ring substituents is 1. The maximum atomic E-state index is 13.1. The van der Waals surface area contributed by atoms with Crippen molar-refractivity contribution in [3.8, 4) is 5.75 Å². The Bertz CT molecular complexity index is 1550. The number of ether oxygens (including phenoxy) is 1. The Balaban J connectivity index is 1.58. The van der Waals surface area contributed by atoms with Gasteiger partial charge in [0.15, 0.2) is 0 Å². The Kier molecular flexibility index (Phi) is 7.10. The number of nitro benzene ring substituents is 1. The molecule has 0 amide bonds. The third kappa shape index (κ3) is 5.41. The molecule has 180 valence electrons. The zero-order valence-corrected chi connectivity index (χ0v) is 19.6. The van der Waals surface area contributed by atoms with E-state index in [1.54, 1.807) is 42.5 Å². The SMILES string of the molecule is CC(C)c1nc2ccccc2c(=O)n1N=Cc1ccccc1OC(=O)/C=C/c1ccc([N+](=O)[O-])cc1. The lowest BCUT2D eigenvalue weighted by Crippen LogP contribution is -2.23. The van der Waals surface area contributed by atoms with Crippen LogP contribution >= 0.6 is 0 Å². The first-order valence-electron chi connectivity index (χ1n) is 11.1. The van der Waals surface area contributed by atoms with Crippen LogP contribution < -0.4 is 10.3 Å². The fraction of sp³-hybridized carbons (Fsp3) is 0.111. The number of nitrogens with zero attached hydrogens (tertiary/aromatic N) is 4. The number of hydrogen-bond acceptors (Lipinski definition) is 7. The average Bonchev–Trinajstić information content (AvgIpc) is 2.88. The van der Waals surface area contributed by atoms with Crippen LogP contribution in [0, 0.1) is 10.1 Å². The maximum Gasteiger partial charge on any atom is 0.336 e. The predicted molar refractivity (Wildman–Crippen MR) is 137 cm³/mol. The van der Waals surface area contributed by atoms with Crippen LogP contribution in [0.4, 0.5) is 5.69 Å². The van der Waals surface area contributed by atoms with Gasteiger partial charge in [0, 0.05) is 29.7 Å². The first kappa shape index (κ1) is 24.2. The van der Waals surface area contributed by atoms with Gasteiger partial charge in [0.05, 0.1) is 22.0 Å². The van der Waals surface area contributed by atoms with Gasteiger partial charge in [-0.1, -0.05) is 38.1 Å². The van der Waals surface area contributed by atoms with E-state index in [9.17, 15) is 19.7 Å². The van der Waals surface area contributed by atoms with Gasteiger partial charge in [-0.3, -0.25) is 14.9 Å². The minimum atomic E-state index is -0.637. The number of fused-ring (bicyclic) bond motifs is 1. The second-order valence-electron chi connectivity index (χ2n) is 8.14. The summed E-state index contributed by atoms with van der Waals surface area (Å²) in [4.78, 5) is 40.4. The van der Waals surface area contributed by atoms with Crippen molar-refractivity contribution in [1.82, 2.24) is 9.66 Å². The number of carbonyl (C=O) groups excluding carboxylic acids is 1. The maximum absolute atomic E-state index is 13.1.